The van der Waals surface area contributed by atoms with Crippen molar-refractivity contribution in [1.82, 2.24) is 5.32 Å². The molecule has 0 aliphatic carbocycles. The molecule has 0 amide bonds. The Labute approximate surface area is 124 Å². The molecule has 1 N–H and O–H groups in total. The van der Waals surface area contributed by atoms with Crippen LogP contribution in [0.15, 0.2) is 36.4 Å². The van der Waals surface area contributed by atoms with Crippen molar-refractivity contribution in [2.45, 2.75) is 33.4 Å². The Morgan fingerprint density at radius 2 is 1.75 bits per heavy atom. The van der Waals surface area contributed by atoms with Gasteiger partial charge in [-0.05, 0) is 47.4 Å². The van der Waals surface area contributed by atoms with Crippen LogP contribution in [0.3, 0.4) is 0 Å². The second kappa shape index (κ2) is 6.38. The first-order valence-corrected chi connectivity index (χ1v) is 7.13. The van der Waals surface area contributed by atoms with Crippen molar-refractivity contribution in [2.24, 2.45) is 0 Å². The van der Waals surface area contributed by atoms with Gasteiger partial charge < -0.3 is 5.32 Å². The lowest BCUT2D eigenvalue weighted by Crippen LogP contribution is -2.21. The lowest BCUT2D eigenvalue weighted by molar-refractivity contribution is 0.589. The average Bonchev–Trinajstić information content (AvgIpc) is 2.40. The molecule has 0 aliphatic heterocycles. The second-order valence-electron chi connectivity index (χ2n) is 5.31. The molecule has 1 nitrogen and oxygen atoms in total. The summed E-state index contributed by atoms with van der Waals surface area (Å²) in [7, 11) is 0. The lowest BCUT2D eigenvalue weighted by atomic mass is 10.0. The van der Waals surface area contributed by atoms with Gasteiger partial charge in [-0.2, -0.15) is 0 Å². The number of hydrogen-bond donors (Lipinski definition) is 1. The van der Waals surface area contributed by atoms with Crippen LogP contribution in [0.5, 0.6) is 0 Å². The van der Waals surface area contributed by atoms with Crippen molar-refractivity contribution in [1.29, 1.82) is 0 Å². The number of benzene rings is 2. The first-order valence-electron chi connectivity index (χ1n) is 6.75. The third-order valence-corrected chi connectivity index (χ3v) is 3.60. The van der Waals surface area contributed by atoms with Gasteiger partial charge in [0.05, 0.1) is 0 Å². The largest absolute Gasteiger partial charge is 0.310 e. The molecule has 0 radical (unpaired) electrons. The minimum atomic E-state index is -0.183. The third-order valence-electron chi connectivity index (χ3n) is 3.25. The number of nitrogens with one attached hydrogen (secondary N) is 1. The highest BCUT2D eigenvalue weighted by molar-refractivity contribution is 6.31. The van der Waals surface area contributed by atoms with Gasteiger partial charge in [0.1, 0.15) is 5.82 Å². The Bertz CT molecular complexity index is 608. The number of halogens is 2. The van der Waals surface area contributed by atoms with Gasteiger partial charge in [0, 0.05) is 17.6 Å². The van der Waals surface area contributed by atoms with Gasteiger partial charge in [0.25, 0.3) is 0 Å². The molecule has 0 heterocycles. The quantitative estimate of drug-likeness (QED) is 0.840. The molecule has 0 saturated heterocycles. The fourth-order valence-corrected chi connectivity index (χ4v) is 2.26. The minimum absolute atomic E-state index is 0.183. The summed E-state index contributed by atoms with van der Waals surface area (Å²) in [4.78, 5) is 0. The molecule has 0 spiro atoms. The van der Waals surface area contributed by atoms with Crippen molar-refractivity contribution >= 4 is 11.6 Å². The van der Waals surface area contributed by atoms with Gasteiger partial charge in [-0.3, -0.25) is 0 Å². The molecule has 0 aliphatic rings. The Hall–Kier alpha value is -1.38. The van der Waals surface area contributed by atoms with E-state index in [-0.39, 0.29) is 5.82 Å². The molecule has 2 aromatic rings. The van der Waals surface area contributed by atoms with E-state index in [1.165, 1.54) is 6.07 Å². The van der Waals surface area contributed by atoms with Gasteiger partial charge in [-0.15, -0.1) is 0 Å². The number of hydrogen-bond acceptors (Lipinski definition) is 1. The average molecular weight is 292 g/mol. The Morgan fingerprint density at radius 3 is 2.35 bits per heavy atom. The van der Waals surface area contributed by atoms with Crippen LogP contribution < -0.4 is 5.32 Å². The van der Waals surface area contributed by atoms with Crippen LogP contribution in [-0.2, 0) is 6.54 Å². The number of rotatable bonds is 4. The fourth-order valence-electron chi connectivity index (χ4n) is 2.01. The van der Waals surface area contributed by atoms with Gasteiger partial charge >= 0.3 is 0 Å². The zero-order chi connectivity index (χ0) is 14.7. The minimum Gasteiger partial charge on any atom is -0.310 e. The van der Waals surface area contributed by atoms with Crippen LogP contribution >= 0.6 is 11.6 Å². The molecule has 3 heteroatoms. The standard InChI is InChI=1S/C17H19ClFN/c1-11(2)20-10-15-5-4-14(9-16(15)18)13-6-7-17(19)12(3)8-13/h4-9,11,20H,10H2,1-3H3. The molecule has 2 aromatic carbocycles. The Morgan fingerprint density at radius 1 is 1.10 bits per heavy atom. The molecule has 0 aromatic heterocycles. The highest BCUT2D eigenvalue weighted by atomic mass is 35.5. The maximum Gasteiger partial charge on any atom is 0.126 e. The van der Waals surface area contributed by atoms with E-state index in [1.807, 2.05) is 24.3 Å². The topological polar surface area (TPSA) is 12.0 Å². The van der Waals surface area contributed by atoms with Gasteiger partial charge in [-0.25, -0.2) is 4.39 Å². The lowest BCUT2D eigenvalue weighted by Gasteiger charge is -2.11. The molecule has 0 fully saturated rings. The zero-order valence-electron chi connectivity index (χ0n) is 12.0. The molecule has 20 heavy (non-hydrogen) atoms. The first kappa shape index (κ1) is 15.0. The summed E-state index contributed by atoms with van der Waals surface area (Å²) in [5.41, 5.74) is 3.70. The summed E-state index contributed by atoms with van der Waals surface area (Å²) < 4.78 is 13.3. The first-order chi connectivity index (χ1) is 9.47. The Balaban J connectivity index is 2.26. The van der Waals surface area contributed by atoms with E-state index in [0.29, 0.717) is 11.6 Å². The molecule has 0 saturated carbocycles. The summed E-state index contributed by atoms with van der Waals surface area (Å²) >= 11 is 6.32. The zero-order valence-corrected chi connectivity index (χ0v) is 12.8. The van der Waals surface area contributed by atoms with Gasteiger partial charge in [0.2, 0.25) is 0 Å². The van der Waals surface area contributed by atoms with Crippen molar-refractivity contribution in [3.05, 3.63) is 58.4 Å². The molecule has 0 unspecified atom stereocenters. The van der Waals surface area contributed by atoms with Crippen molar-refractivity contribution < 1.29 is 4.39 Å². The maximum atomic E-state index is 13.3. The molecular weight excluding hydrogens is 273 g/mol. The van der Waals surface area contributed by atoms with Crippen LogP contribution in [0.1, 0.15) is 25.0 Å². The SMILES string of the molecule is Cc1cc(-c2ccc(CNC(C)C)c(Cl)c2)ccc1F. The van der Waals surface area contributed by atoms with E-state index < -0.39 is 0 Å². The smallest absolute Gasteiger partial charge is 0.126 e. The van der Waals surface area contributed by atoms with Crippen LogP contribution in [0, 0.1) is 12.7 Å². The van der Waals surface area contributed by atoms with E-state index in [4.69, 9.17) is 11.6 Å². The van der Waals surface area contributed by atoms with E-state index in [0.717, 1.165) is 28.3 Å². The summed E-state index contributed by atoms with van der Waals surface area (Å²) in [6.45, 7) is 6.72. The van der Waals surface area contributed by atoms with E-state index in [9.17, 15) is 4.39 Å². The Kier molecular flexibility index (Phi) is 4.79. The van der Waals surface area contributed by atoms with Crippen LogP contribution in [0.2, 0.25) is 5.02 Å². The summed E-state index contributed by atoms with van der Waals surface area (Å²) in [6.07, 6.45) is 0. The maximum absolute atomic E-state index is 13.3. The van der Waals surface area contributed by atoms with E-state index in [2.05, 4.69) is 19.2 Å². The fraction of sp³-hybridized carbons (Fsp3) is 0.294. The molecular formula is C17H19ClFN. The molecule has 0 bridgehead atoms. The van der Waals surface area contributed by atoms with Crippen LogP contribution in [0.4, 0.5) is 4.39 Å². The van der Waals surface area contributed by atoms with E-state index >= 15 is 0 Å². The van der Waals surface area contributed by atoms with Crippen molar-refractivity contribution in [3.63, 3.8) is 0 Å². The predicted molar refractivity (Wildman–Crippen MR) is 83.6 cm³/mol. The summed E-state index contributed by atoms with van der Waals surface area (Å²) in [5, 5.41) is 4.08. The van der Waals surface area contributed by atoms with Gasteiger partial charge in [0.15, 0.2) is 0 Å². The van der Waals surface area contributed by atoms with Gasteiger partial charge in [-0.1, -0.05) is 43.6 Å². The van der Waals surface area contributed by atoms with Crippen molar-refractivity contribution in [3.8, 4) is 11.1 Å². The van der Waals surface area contributed by atoms with Crippen LogP contribution in [0.25, 0.3) is 11.1 Å². The molecule has 106 valence electrons. The second-order valence-corrected chi connectivity index (χ2v) is 5.71. The third kappa shape index (κ3) is 3.59. The normalized spacial score (nSPS) is 11.1. The molecule has 0 atom stereocenters. The van der Waals surface area contributed by atoms with Crippen LogP contribution in [-0.4, -0.2) is 6.04 Å². The number of aryl methyl sites for hydroxylation is 1. The summed E-state index contributed by atoms with van der Waals surface area (Å²) in [6, 6.07) is 11.5. The van der Waals surface area contributed by atoms with Crippen molar-refractivity contribution in [2.75, 3.05) is 0 Å². The van der Waals surface area contributed by atoms with E-state index in [1.54, 1.807) is 13.0 Å². The monoisotopic (exact) mass is 291 g/mol. The summed E-state index contributed by atoms with van der Waals surface area (Å²) in [5.74, 6) is -0.183. The highest BCUT2D eigenvalue weighted by Gasteiger charge is 2.06. The molecule has 2 rings (SSSR count). The highest BCUT2D eigenvalue weighted by Crippen LogP contribution is 2.27. The predicted octanol–water partition coefficient (Wildman–Crippen LogP) is 4.95.